The van der Waals surface area contributed by atoms with Gasteiger partial charge in [-0.05, 0) is 74.4 Å². The van der Waals surface area contributed by atoms with Crippen molar-refractivity contribution in [3.8, 4) is 0 Å². The predicted molar refractivity (Wildman–Crippen MR) is 214 cm³/mol. The molecule has 12 nitrogen and oxygen atoms in total. The van der Waals surface area contributed by atoms with Crippen molar-refractivity contribution in [2.24, 2.45) is 0 Å². The number of piperazine rings is 2. The Bertz CT molecular complexity index is 2420. The van der Waals surface area contributed by atoms with E-state index in [0.717, 1.165) is 24.0 Å². The molecule has 3 aliphatic heterocycles. The van der Waals surface area contributed by atoms with Crippen LogP contribution in [0, 0.1) is 13.8 Å². The maximum Gasteiger partial charge on any atom is 0.434 e. The first-order valence-electron chi connectivity index (χ1n) is 26.2. The third kappa shape index (κ3) is 15.9. The van der Waals surface area contributed by atoms with Crippen molar-refractivity contribution in [2.45, 2.75) is 97.7 Å². The second-order valence-electron chi connectivity index (χ2n) is 13.6. The fourth-order valence-electron chi connectivity index (χ4n) is 5.49. The van der Waals surface area contributed by atoms with Gasteiger partial charge < -0.3 is 34.6 Å². The lowest BCUT2D eigenvalue weighted by Crippen LogP contribution is -2.52. The van der Waals surface area contributed by atoms with E-state index in [9.17, 15) is 53.9 Å². The van der Waals surface area contributed by atoms with E-state index in [1.54, 1.807) is 38.1 Å². The minimum atomic E-state index is -6.23. The van der Waals surface area contributed by atoms with Crippen molar-refractivity contribution in [1.82, 2.24) is 19.6 Å². The Morgan fingerprint density at radius 1 is 0.726 bits per heavy atom. The highest BCUT2D eigenvalue weighted by Gasteiger charge is 2.60. The van der Waals surface area contributed by atoms with Crippen LogP contribution < -0.4 is 10.2 Å². The fraction of sp³-hybridized carbons (Fsp3) is 0.634. The van der Waals surface area contributed by atoms with Crippen LogP contribution in [-0.2, 0) is 27.4 Å². The number of hydrogen-bond acceptors (Lipinski definition) is 9. The summed E-state index contributed by atoms with van der Waals surface area (Å²) in [4.78, 5) is 36.4. The molecule has 0 spiro atoms. The number of rotatable bonds is 12. The molecule has 62 heavy (non-hydrogen) atoms. The molecule has 0 aromatic heterocycles. The van der Waals surface area contributed by atoms with Crippen molar-refractivity contribution in [2.75, 3.05) is 81.8 Å². The summed E-state index contributed by atoms with van der Waals surface area (Å²) in [6.45, 7) is -26.0. The van der Waals surface area contributed by atoms with Gasteiger partial charge in [-0.3, -0.25) is 14.6 Å². The average molecular weight is 917 g/mol. The van der Waals surface area contributed by atoms with Crippen LogP contribution in [0.2, 0.25) is 0 Å². The molecule has 0 bridgehead atoms. The number of ether oxygens (including phenoxy) is 2. The summed E-state index contributed by atoms with van der Waals surface area (Å²) in [7, 11) is 0. The largest absolute Gasteiger partial charge is 0.481 e. The van der Waals surface area contributed by atoms with E-state index in [0.29, 0.717) is 31.4 Å². The molecule has 3 saturated heterocycles. The third-order valence-corrected chi connectivity index (χ3v) is 8.60. The zero-order chi connectivity index (χ0) is 59.5. The van der Waals surface area contributed by atoms with E-state index in [1.807, 2.05) is 4.90 Å². The molecule has 2 N–H and O–H groups in total. The molecule has 3 aliphatic rings. The van der Waals surface area contributed by atoms with Gasteiger partial charge in [0.25, 0.3) is 6.10 Å². The number of carboxylic acid groups (broad SMARTS) is 1. The van der Waals surface area contributed by atoms with Gasteiger partial charge in [-0.1, -0.05) is 31.7 Å². The van der Waals surface area contributed by atoms with Gasteiger partial charge in [0.1, 0.15) is 0 Å². The van der Waals surface area contributed by atoms with E-state index in [2.05, 4.69) is 14.8 Å². The molecule has 3 fully saturated rings. The standard InChI is InChI=1S/C20H25F6N3O2.C20H28F3N3O4.CH4/c1-14-4-5-15(16(12-14)28-6-2-3-7-28)13-27-8-10-29(11-9-27)18(30)31-17(19(21,22)23)20(24,25)26;1-14-5-6-16(17(12-14)24-7-3-4-18(27)28)13-25-8-10-26(11-9-25)19(29)30-15(2)20(21,22)23;/h4-5,12,17H,2-3,6-11,13H2,1H3;5-6,12,15,24H,3-4,7-11,13H2,1-2H3,(H,27,28);1H4/i2*8D2,9D2,10D2,11D2;. The van der Waals surface area contributed by atoms with Crippen LogP contribution in [0.25, 0.3) is 0 Å². The molecule has 21 heteroatoms. The summed E-state index contributed by atoms with van der Waals surface area (Å²) in [6, 6.07) is 9.45. The number of halogens is 9. The van der Waals surface area contributed by atoms with Crippen LogP contribution in [0.1, 0.15) is 84.2 Å². The van der Waals surface area contributed by atoms with E-state index in [-0.39, 0.29) is 47.7 Å². The number of benzene rings is 2. The van der Waals surface area contributed by atoms with Gasteiger partial charge in [-0.15, -0.1) is 0 Å². The first-order chi connectivity index (χ1) is 34.5. The van der Waals surface area contributed by atoms with Crippen LogP contribution in [0.3, 0.4) is 0 Å². The number of carbonyl (C=O) groups excluding carboxylic acids is 2. The van der Waals surface area contributed by atoms with Crippen molar-refractivity contribution in [1.29, 1.82) is 0 Å². The number of aryl methyl sites for hydroxylation is 2. The van der Waals surface area contributed by atoms with Crippen molar-refractivity contribution >= 4 is 29.5 Å². The topological polar surface area (TPSA) is 118 Å². The Labute approximate surface area is 378 Å². The summed E-state index contributed by atoms with van der Waals surface area (Å²) in [5, 5.41) is 11.8. The number of aliphatic carboxylic acids is 1. The fourth-order valence-corrected chi connectivity index (χ4v) is 5.49. The maximum absolute atomic E-state index is 13.0. The quantitative estimate of drug-likeness (QED) is 0.159. The molecule has 2 aromatic carbocycles. The molecule has 3 heterocycles. The van der Waals surface area contributed by atoms with E-state index in [4.69, 9.17) is 27.0 Å². The number of carbonyl (C=O) groups is 3. The summed E-state index contributed by atoms with van der Waals surface area (Å²) in [6.07, 6.45) is -28.5. The van der Waals surface area contributed by atoms with Crippen molar-refractivity contribution in [3.63, 3.8) is 0 Å². The number of anilines is 2. The second-order valence-corrected chi connectivity index (χ2v) is 13.6. The van der Waals surface area contributed by atoms with Crippen LogP contribution in [0.15, 0.2) is 36.4 Å². The Morgan fingerprint density at radius 2 is 1.19 bits per heavy atom. The molecule has 1 atom stereocenters. The van der Waals surface area contributed by atoms with Crippen LogP contribution in [-0.4, -0.2) is 145 Å². The molecule has 2 amide bonds. The summed E-state index contributed by atoms with van der Waals surface area (Å²) in [5.41, 5.74) is 2.81. The average Bonchev–Trinajstić information content (AvgIpc) is 3.79. The van der Waals surface area contributed by atoms with E-state index >= 15 is 0 Å². The first kappa shape index (κ1) is 32.1. The van der Waals surface area contributed by atoms with Crippen molar-refractivity contribution < 1.29 is 90.4 Å². The third-order valence-electron chi connectivity index (χ3n) is 8.60. The Balaban J connectivity index is 0.000000405. The highest BCUT2D eigenvalue weighted by Crippen LogP contribution is 2.36. The van der Waals surface area contributed by atoms with E-state index in [1.165, 1.54) is 12.1 Å². The molecule has 0 radical (unpaired) electrons. The van der Waals surface area contributed by atoms with Gasteiger partial charge in [0.05, 0.1) is 11.0 Å². The molecule has 0 saturated carbocycles. The highest BCUT2D eigenvalue weighted by molar-refractivity contribution is 5.69. The van der Waals surface area contributed by atoms with Gasteiger partial charge in [0.15, 0.2) is 6.10 Å². The normalized spacial score (nSPS) is 27.5. The number of amides is 2. The number of alkyl halides is 9. The zero-order valence-electron chi connectivity index (χ0n) is 48.6. The lowest BCUT2D eigenvalue weighted by molar-refractivity contribution is -0.308. The van der Waals surface area contributed by atoms with Crippen LogP contribution in [0.5, 0.6) is 0 Å². The summed E-state index contributed by atoms with van der Waals surface area (Å²) >= 11 is 0. The first-order valence-corrected chi connectivity index (χ1v) is 18.2. The summed E-state index contributed by atoms with van der Waals surface area (Å²) in [5.74, 6) is -1.02. The van der Waals surface area contributed by atoms with Gasteiger partial charge in [0.2, 0.25) is 0 Å². The lowest BCUT2D eigenvalue weighted by Gasteiger charge is -2.36. The molecule has 350 valence electrons. The highest BCUT2D eigenvalue weighted by atomic mass is 19.4. The minimum absolute atomic E-state index is 0. The number of hydrogen-bond donors (Lipinski definition) is 2. The summed E-state index contributed by atoms with van der Waals surface area (Å²) < 4.78 is 257. The second kappa shape index (κ2) is 22.6. The van der Waals surface area contributed by atoms with Crippen LogP contribution >= 0.6 is 0 Å². The monoisotopic (exact) mass is 917 g/mol. The molecule has 5 rings (SSSR count). The van der Waals surface area contributed by atoms with Crippen molar-refractivity contribution in [3.05, 3.63) is 58.7 Å². The van der Waals surface area contributed by atoms with E-state index < -0.39 is 124 Å². The SMILES string of the molecule is C.[2H]C1([2H])N(Cc2ccc(C)cc2N2CCCC2)C([2H])([2H])C([2H])([2H])N(C(=O)OC(C(F)(F)F)C(F)(F)F)C1([2H])[2H].[2H]C1([2H])N(Cc2ccc(C)cc2NCCCC(=O)O)C([2H])([2H])C([2H])([2H])N(C(=O)OC(C)C(F)(F)F)C1([2H])[2H]. The minimum Gasteiger partial charge on any atom is -0.481 e. The van der Waals surface area contributed by atoms with Gasteiger partial charge >= 0.3 is 36.7 Å². The number of nitrogens with one attached hydrogen (secondary N) is 1. The molecular weight excluding hydrogens is 843 g/mol. The Kier molecular flexibility index (Phi) is 11.7. The lowest BCUT2D eigenvalue weighted by atomic mass is 10.1. The maximum atomic E-state index is 13.0. The molecular formula is C41H57F9N6O6. The molecule has 2 aromatic rings. The number of nitrogens with zero attached hydrogens (tertiary/aromatic N) is 5. The smallest absolute Gasteiger partial charge is 0.434 e. The van der Waals surface area contributed by atoms with Gasteiger partial charge in [-0.25, -0.2) is 9.59 Å². The van der Waals surface area contributed by atoms with Crippen LogP contribution in [0.4, 0.5) is 60.5 Å². The Hall–Kier alpha value is -4.66. The predicted octanol–water partition coefficient (Wildman–Crippen LogP) is 8.46. The Morgan fingerprint density at radius 3 is 1.68 bits per heavy atom. The molecule has 1 unspecified atom stereocenters. The molecule has 0 aliphatic carbocycles. The van der Waals surface area contributed by atoms with Gasteiger partial charge in [-0.2, -0.15) is 39.5 Å². The zero-order valence-corrected chi connectivity index (χ0v) is 32.6. The number of carboxylic acids is 1. The van der Waals surface area contributed by atoms with Gasteiger partial charge in [0, 0.05) is 113 Å².